The third-order valence-electron chi connectivity index (χ3n) is 3.36. The van der Waals surface area contributed by atoms with Gasteiger partial charge in [0.25, 0.3) is 5.91 Å². The molecule has 1 aromatic rings. The molecule has 1 aromatic heterocycles. The van der Waals surface area contributed by atoms with Crippen molar-refractivity contribution in [3.8, 4) is 0 Å². The molecule has 1 unspecified atom stereocenters. The molecule has 1 fully saturated rings. The summed E-state index contributed by atoms with van der Waals surface area (Å²) in [4.78, 5) is 14.6. The van der Waals surface area contributed by atoms with E-state index < -0.39 is 0 Å². The molecule has 0 spiro atoms. The molecular weight excluding hydrogens is 322 g/mol. The Balaban J connectivity index is 2.23. The number of halogens is 1. The molecule has 0 saturated carbocycles. The van der Waals surface area contributed by atoms with Gasteiger partial charge in [-0.25, -0.2) is 0 Å². The maximum absolute atomic E-state index is 12.7. The fraction of sp³-hybridized carbons (Fsp3) is 0.714. The predicted molar refractivity (Wildman–Crippen MR) is 81.3 cm³/mol. The number of aromatic nitrogens is 2. The van der Waals surface area contributed by atoms with Crippen molar-refractivity contribution < 1.29 is 9.53 Å². The van der Waals surface area contributed by atoms with E-state index in [1.165, 1.54) is 0 Å². The second kappa shape index (κ2) is 5.85. The average Bonchev–Trinajstić information content (AvgIpc) is 2.77. The second-order valence-corrected chi connectivity index (χ2v) is 6.47. The summed E-state index contributed by atoms with van der Waals surface area (Å²) in [5.41, 5.74) is 1.22. The smallest absolute Gasteiger partial charge is 0.272 e. The van der Waals surface area contributed by atoms with E-state index in [-0.39, 0.29) is 17.6 Å². The fourth-order valence-corrected chi connectivity index (χ4v) is 2.99. The molecule has 5 nitrogen and oxygen atoms in total. The van der Waals surface area contributed by atoms with Gasteiger partial charge in [0.15, 0.2) is 0 Å². The number of nitrogens with zero attached hydrogens (tertiary/aromatic N) is 3. The minimum Gasteiger partial charge on any atom is -0.368 e. The first-order valence-electron chi connectivity index (χ1n) is 6.94. The molecular formula is C14H22BrN3O2. The van der Waals surface area contributed by atoms with Crippen molar-refractivity contribution in [2.75, 3.05) is 18.4 Å². The van der Waals surface area contributed by atoms with Crippen LogP contribution in [0.2, 0.25) is 0 Å². The highest BCUT2D eigenvalue weighted by atomic mass is 79.9. The first-order valence-corrected chi connectivity index (χ1v) is 8.06. The number of morpholine rings is 1. The summed E-state index contributed by atoms with van der Waals surface area (Å²) >= 11 is 3.45. The highest BCUT2D eigenvalue weighted by molar-refractivity contribution is 9.09. The topological polar surface area (TPSA) is 47.4 Å². The van der Waals surface area contributed by atoms with E-state index >= 15 is 0 Å². The number of hydrogen-bond acceptors (Lipinski definition) is 3. The van der Waals surface area contributed by atoms with E-state index in [1.54, 1.807) is 4.68 Å². The van der Waals surface area contributed by atoms with Crippen molar-refractivity contribution in [2.24, 2.45) is 0 Å². The van der Waals surface area contributed by atoms with Gasteiger partial charge in [0.05, 0.1) is 17.4 Å². The van der Waals surface area contributed by atoms with Crippen LogP contribution >= 0.6 is 15.9 Å². The Kier molecular flexibility index (Phi) is 4.54. The van der Waals surface area contributed by atoms with Crippen LogP contribution in [0.5, 0.6) is 0 Å². The van der Waals surface area contributed by atoms with Crippen molar-refractivity contribution in [1.82, 2.24) is 14.7 Å². The van der Waals surface area contributed by atoms with Crippen LogP contribution in [0.4, 0.5) is 0 Å². The molecule has 1 amide bonds. The molecule has 0 aromatic carbocycles. The van der Waals surface area contributed by atoms with Gasteiger partial charge in [-0.05, 0) is 33.8 Å². The Labute approximate surface area is 128 Å². The largest absolute Gasteiger partial charge is 0.368 e. The Morgan fingerprint density at radius 2 is 2.30 bits per heavy atom. The van der Waals surface area contributed by atoms with E-state index in [1.807, 2.05) is 38.7 Å². The number of hydrogen-bond donors (Lipinski definition) is 0. The molecule has 0 N–H and O–H groups in total. The summed E-state index contributed by atoms with van der Waals surface area (Å²) in [6.45, 7) is 9.85. The molecule has 0 radical (unpaired) electrons. The third kappa shape index (κ3) is 3.23. The highest BCUT2D eigenvalue weighted by Gasteiger charge is 2.36. The number of rotatable bonds is 3. The minimum absolute atomic E-state index is 0.0294. The molecule has 0 aliphatic carbocycles. The van der Waals surface area contributed by atoms with Crippen molar-refractivity contribution in [1.29, 1.82) is 0 Å². The van der Waals surface area contributed by atoms with Crippen LogP contribution in [0.1, 0.15) is 37.0 Å². The lowest BCUT2D eigenvalue weighted by Crippen LogP contribution is -2.55. The van der Waals surface area contributed by atoms with E-state index in [0.29, 0.717) is 25.3 Å². The van der Waals surface area contributed by atoms with Crippen LogP contribution in [0, 0.1) is 6.92 Å². The monoisotopic (exact) mass is 343 g/mol. The number of aryl methyl sites for hydroxylation is 2. The first-order chi connectivity index (χ1) is 9.36. The molecule has 1 atom stereocenters. The molecule has 6 heteroatoms. The van der Waals surface area contributed by atoms with Gasteiger partial charge in [-0.2, -0.15) is 5.10 Å². The van der Waals surface area contributed by atoms with Crippen molar-refractivity contribution in [2.45, 2.75) is 45.9 Å². The summed E-state index contributed by atoms with van der Waals surface area (Å²) in [6.07, 6.45) is 0.0294. The zero-order valence-corrected chi connectivity index (χ0v) is 14.1. The fourth-order valence-electron chi connectivity index (χ4n) is 2.65. The summed E-state index contributed by atoms with van der Waals surface area (Å²) in [5.74, 6) is 0.0368. The number of alkyl halides is 1. The standard InChI is InChI=1S/C14H22BrN3O2/c1-5-18-12(6-10(2)16-18)13(19)17-8-11(7-15)20-14(3,4)9-17/h6,11H,5,7-9H2,1-4H3. The van der Waals surface area contributed by atoms with Gasteiger partial charge in [0, 0.05) is 25.0 Å². The lowest BCUT2D eigenvalue weighted by atomic mass is 10.1. The van der Waals surface area contributed by atoms with Crippen molar-refractivity contribution >= 4 is 21.8 Å². The van der Waals surface area contributed by atoms with E-state index in [4.69, 9.17) is 4.74 Å². The van der Waals surface area contributed by atoms with Gasteiger partial charge in [0.1, 0.15) is 5.69 Å². The molecule has 112 valence electrons. The molecule has 0 bridgehead atoms. The predicted octanol–water partition coefficient (Wildman–Crippen LogP) is 2.23. The molecule has 1 aliphatic rings. The van der Waals surface area contributed by atoms with Crippen LogP contribution in [0.25, 0.3) is 0 Å². The van der Waals surface area contributed by atoms with Crippen molar-refractivity contribution in [3.05, 3.63) is 17.5 Å². The number of carbonyl (C=O) groups excluding carboxylic acids is 1. The van der Waals surface area contributed by atoms with Crippen molar-refractivity contribution in [3.63, 3.8) is 0 Å². The van der Waals surface area contributed by atoms with E-state index in [9.17, 15) is 4.79 Å². The Morgan fingerprint density at radius 1 is 1.60 bits per heavy atom. The third-order valence-corrected chi connectivity index (χ3v) is 4.08. The highest BCUT2D eigenvalue weighted by Crippen LogP contribution is 2.23. The number of amides is 1. The zero-order chi connectivity index (χ0) is 14.9. The Hall–Kier alpha value is -0.880. The van der Waals surface area contributed by atoms with Crippen LogP contribution in [-0.4, -0.2) is 50.7 Å². The van der Waals surface area contributed by atoms with Gasteiger partial charge in [-0.1, -0.05) is 15.9 Å². The van der Waals surface area contributed by atoms with Gasteiger partial charge in [-0.15, -0.1) is 0 Å². The van der Waals surface area contributed by atoms with Gasteiger partial charge < -0.3 is 9.64 Å². The van der Waals surface area contributed by atoms with E-state index in [0.717, 1.165) is 11.0 Å². The van der Waals surface area contributed by atoms with Gasteiger partial charge in [0.2, 0.25) is 0 Å². The summed E-state index contributed by atoms with van der Waals surface area (Å²) in [7, 11) is 0. The van der Waals surface area contributed by atoms with Crippen LogP contribution < -0.4 is 0 Å². The van der Waals surface area contributed by atoms with E-state index in [2.05, 4.69) is 21.0 Å². The lowest BCUT2D eigenvalue weighted by molar-refractivity contribution is -0.116. The average molecular weight is 344 g/mol. The molecule has 1 saturated heterocycles. The Bertz CT molecular complexity index is 499. The number of ether oxygens (including phenoxy) is 1. The minimum atomic E-state index is -0.321. The lowest BCUT2D eigenvalue weighted by Gasteiger charge is -2.42. The zero-order valence-electron chi connectivity index (χ0n) is 12.5. The normalized spacial score (nSPS) is 22.1. The second-order valence-electron chi connectivity index (χ2n) is 5.83. The SMILES string of the molecule is CCn1nc(C)cc1C(=O)N1CC(CBr)OC(C)(C)C1. The number of carbonyl (C=O) groups is 1. The first kappa shape index (κ1) is 15.5. The van der Waals surface area contributed by atoms with Gasteiger partial charge >= 0.3 is 0 Å². The summed E-state index contributed by atoms with van der Waals surface area (Å²) in [5, 5.41) is 5.08. The van der Waals surface area contributed by atoms with Gasteiger partial charge in [-0.3, -0.25) is 9.48 Å². The molecule has 2 rings (SSSR count). The van der Waals surface area contributed by atoms with Crippen LogP contribution in [0.3, 0.4) is 0 Å². The maximum Gasteiger partial charge on any atom is 0.272 e. The molecule has 2 heterocycles. The Morgan fingerprint density at radius 3 is 2.90 bits per heavy atom. The van der Waals surface area contributed by atoms with Crippen LogP contribution in [-0.2, 0) is 11.3 Å². The molecule has 20 heavy (non-hydrogen) atoms. The van der Waals surface area contributed by atoms with Crippen LogP contribution in [0.15, 0.2) is 6.07 Å². The summed E-state index contributed by atoms with van der Waals surface area (Å²) < 4.78 is 7.70. The maximum atomic E-state index is 12.7. The summed E-state index contributed by atoms with van der Waals surface area (Å²) in [6, 6.07) is 1.86. The quantitative estimate of drug-likeness (QED) is 0.790. The molecule has 1 aliphatic heterocycles.